The fourth-order valence-corrected chi connectivity index (χ4v) is 3.79. The fraction of sp³-hybridized carbons (Fsp3) is 0.118. The molecule has 114 valence electrons. The van der Waals surface area contributed by atoms with Crippen LogP contribution in [0.1, 0.15) is 22.8 Å². The van der Waals surface area contributed by atoms with Crippen LogP contribution in [-0.4, -0.2) is 15.3 Å². The predicted octanol–water partition coefficient (Wildman–Crippen LogP) is 3.82. The molecule has 3 aromatic rings. The molecule has 0 bridgehead atoms. The highest BCUT2D eigenvalue weighted by Gasteiger charge is 2.31. The Hall–Kier alpha value is -2.60. The number of nitrogens with zero attached hydrogens (tertiary/aromatic N) is 2. The van der Waals surface area contributed by atoms with Crippen LogP contribution >= 0.6 is 11.5 Å². The Kier molecular flexibility index (Phi) is 3.38. The minimum Gasteiger partial charge on any atom is -0.323 e. The van der Waals surface area contributed by atoms with E-state index in [1.54, 1.807) is 24.5 Å². The molecule has 0 spiro atoms. The van der Waals surface area contributed by atoms with Crippen LogP contribution in [0.2, 0.25) is 0 Å². The maximum atomic E-state index is 13.5. The lowest BCUT2D eigenvalue weighted by atomic mass is 9.90. The van der Waals surface area contributed by atoms with Gasteiger partial charge in [-0.3, -0.25) is 9.78 Å². The first kappa shape index (κ1) is 14.0. The second-order valence-electron chi connectivity index (χ2n) is 5.37. The van der Waals surface area contributed by atoms with Crippen LogP contribution in [-0.2, 0) is 4.79 Å². The van der Waals surface area contributed by atoms with E-state index in [-0.39, 0.29) is 17.6 Å². The first-order valence-corrected chi connectivity index (χ1v) is 7.95. The minimum absolute atomic E-state index is 0.0627. The van der Waals surface area contributed by atoms with Crippen LogP contribution in [0, 0.1) is 5.82 Å². The van der Waals surface area contributed by atoms with Gasteiger partial charge in [-0.05, 0) is 35.3 Å². The highest BCUT2D eigenvalue weighted by Crippen LogP contribution is 2.44. The van der Waals surface area contributed by atoms with Gasteiger partial charge in [-0.25, -0.2) is 4.39 Å². The lowest BCUT2D eigenvalue weighted by Gasteiger charge is -2.22. The zero-order chi connectivity index (χ0) is 15.8. The lowest BCUT2D eigenvalue weighted by Crippen LogP contribution is -2.22. The van der Waals surface area contributed by atoms with E-state index < -0.39 is 0 Å². The number of benzene rings is 1. The molecule has 0 saturated heterocycles. The summed E-state index contributed by atoms with van der Waals surface area (Å²) in [6.07, 6.45) is 3.84. The van der Waals surface area contributed by atoms with Gasteiger partial charge < -0.3 is 5.32 Å². The first-order valence-electron chi connectivity index (χ1n) is 7.17. The zero-order valence-electron chi connectivity index (χ0n) is 12.0. The van der Waals surface area contributed by atoms with Crippen molar-refractivity contribution in [3.8, 4) is 11.3 Å². The monoisotopic (exact) mass is 325 g/mol. The van der Waals surface area contributed by atoms with E-state index in [2.05, 4.69) is 14.7 Å². The van der Waals surface area contributed by atoms with Crippen molar-refractivity contribution in [2.45, 2.75) is 12.3 Å². The number of anilines is 1. The summed E-state index contributed by atoms with van der Waals surface area (Å²) in [6, 6.07) is 10.1. The Bertz CT molecular complexity index is 879. The molecule has 0 aliphatic carbocycles. The van der Waals surface area contributed by atoms with Crippen LogP contribution in [0.25, 0.3) is 11.3 Å². The maximum Gasteiger partial charge on any atom is 0.225 e. The number of fused-ring (bicyclic) bond motifs is 1. The van der Waals surface area contributed by atoms with Crippen LogP contribution in [0.5, 0.6) is 0 Å². The Labute approximate surface area is 136 Å². The molecule has 1 amide bonds. The first-order chi connectivity index (χ1) is 11.2. The third-order valence-electron chi connectivity index (χ3n) is 3.87. The van der Waals surface area contributed by atoms with Gasteiger partial charge in [-0.15, -0.1) is 0 Å². The molecule has 0 radical (unpaired) electrons. The SMILES string of the molecule is O=C1CC(c2cccnc2)c2snc(-c3cccc(F)c3)c2N1. The van der Waals surface area contributed by atoms with Crippen molar-refractivity contribution in [3.63, 3.8) is 0 Å². The van der Waals surface area contributed by atoms with Crippen LogP contribution in [0.4, 0.5) is 10.1 Å². The smallest absolute Gasteiger partial charge is 0.225 e. The summed E-state index contributed by atoms with van der Waals surface area (Å²) in [5.41, 5.74) is 2.95. The van der Waals surface area contributed by atoms with Crippen molar-refractivity contribution in [2.24, 2.45) is 0 Å². The predicted molar refractivity (Wildman–Crippen MR) is 86.8 cm³/mol. The van der Waals surface area contributed by atoms with Gasteiger partial charge in [0.1, 0.15) is 11.5 Å². The van der Waals surface area contributed by atoms with Crippen molar-refractivity contribution in [2.75, 3.05) is 5.32 Å². The summed E-state index contributed by atoms with van der Waals surface area (Å²) in [7, 11) is 0. The molecule has 0 fully saturated rings. The van der Waals surface area contributed by atoms with Crippen LogP contribution in [0.15, 0.2) is 48.8 Å². The summed E-state index contributed by atoms with van der Waals surface area (Å²) in [5, 5.41) is 2.89. The van der Waals surface area contributed by atoms with E-state index in [9.17, 15) is 9.18 Å². The lowest BCUT2D eigenvalue weighted by molar-refractivity contribution is -0.116. The molecule has 2 aromatic heterocycles. The topological polar surface area (TPSA) is 54.9 Å². The molecule has 1 aliphatic rings. The number of carbonyl (C=O) groups is 1. The zero-order valence-corrected chi connectivity index (χ0v) is 12.8. The molecule has 1 unspecified atom stereocenters. The average molecular weight is 325 g/mol. The fourth-order valence-electron chi connectivity index (χ4n) is 2.81. The van der Waals surface area contributed by atoms with E-state index >= 15 is 0 Å². The molecule has 1 atom stereocenters. The molecule has 1 aromatic carbocycles. The van der Waals surface area contributed by atoms with Gasteiger partial charge in [0.05, 0.1) is 10.6 Å². The molecule has 4 nitrogen and oxygen atoms in total. The number of amides is 1. The molecular weight excluding hydrogens is 313 g/mol. The number of rotatable bonds is 2. The number of nitrogens with one attached hydrogen (secondary N) is 1. The average Bonchev–Trinajstić information content (AvgIpc) is 2.98. The van der Waals surface area contributed by atoms with Gasteiger partial charge >= 0.3 is 0 Å². The molecule has 6 heteroatoms. The van der Waals surface area contributed by atoms with Crippen LogP contribution in [0.3, 0.4) is 0 Å². The van der Waals surface area contributed by atoms with Gasteiger partial charge in [-0.1, -0.05) is 18.2 Å². The molecule has 1 N–H and O–H groups in total. The molecule has 23 heavy (non-hydrogen) atoms. The summed E-state index contributed by atoms with van der Waals surface area (Å²) >= 11 is 1.34. The Morgan fingerprint density at radius 1 is 1.26 bits per heavy atom. The maximum absolute atomic E-state index is 13.5. The number of halogens is 1. The van der Waals surface area contributed by atoms with Gasteiger partial charge in [0.25, 0.3) is 0 Å². The molecule has 0 saturated carbocycles. The number of hydrogen-bond acceptors (Lipinski definition) is 4. The summed E-state index contributed by atoms with van der Waals surface area (Å²) in [4.78, 5) is 17.2. The van der Waals surface area contributed by atoms with E-state index in [1.807, 2.05) is 12.1 Å². The Morgan fingerprint density at radius 3 is 2.96 bits per heavy atom. The summed E-state index contributed by atoms with van der Waals surface area (Å²) in [6.45, 7) is 0. The number of aromatic nitrogens is 2. The van der Waals surface area contributed by atoms with E-state index in [1.165, 1.54) is 23.7 Å². The third kappa shape index (κ3) is 2.51. The highest BCUT2D eigenvalue weighted by atomic mass is 32.1. The van der Waals surface area contributed by atoms with E-state index in [0.29, 0.717) is 23.4 Å². The molecule has 3 heterocycles. The van der Waals surface area contributed by atoms with Crippen molar-refractivity contribution in [1.29, 1.82) is 0 Å². The second-order valence-corrected chi connectivity index (χ2v) is 6.18. The Morgan fingerprint density at radius 2 is 2.17 bits per heavy atom. The van der Waals surface area contributed by atoms with Crippen LogP contribution < -0.4 is 5.32 Å². The van der Waals surface area contributed by atoms with Crippen molar-refractivity contribution < 1.29 is 9.18 Å². The number of pyridine rings is 1. The minimum atomic E-state index is -0.324. The summed E-state index contributed by atoms with van der Waals surface area (Å²) in [5.74, 6) is -0.452. The number of hydrogen-bond donors (Lipinski definition) is 1. The molecule has 4 rings (SSSR count). The van der Waals surface area contributed by atoms with E-state index in [0.717, 1.165) is 10.4 Å². The van der Waals surface area contributed by atoms with Crippen molar-refractivity contribution >= 4 is 23.1 Å². The summed E-state index contributed by atoms with van der Waals surface area (Å²) < 4.78 is 17.9. The van der Waals surface area contributed by atoms with Gasteiger partial charge in [0.2, 0.25) is 5.91 Å². The standard InChI is InChI=1S/C17H12FN3OS/c18-12-5-1-3-10(7-12)15-16-17(23-21-15)13(8-14(22)20-16)11-4-2-6-19-9-11/h1-7,9,13H,8H2,(H,20,22). The van der Waals surface area contributed by atoms with Gasteiger partial charge in [-0.2, -0.15) is 4.37 Å². The largest absolute Gasteiger partial charge is 0.323 e. The quantitative estimate of drug-likeness (QED) is 0.779. The number of carbonyl (C=O) groups excluding carboxylic acids is 1. The Balaban J connectivity index is 1.83. The van der Waals surface area contributed by atoms with Crippen molar-refractivity contribution in [3.05, 3.63) is 65.0 Å². The normalized spacial score (nSPS) is 16.7. The van der Waals surface area contributed by atoms with E-state index in [4.69, 9.17) is 0 Å². The third-order valence-corrected chi connectivity index (χ3v) is 4.83. The second kappa shape index (κ2) is 5.55. The van der Waals surface area contributed by atoms with Gasteiger partial charge in [0, 0.05) is 30.3 Å². The van der Waals surface area contributed by atoms with Gasteiger partial charge in [0.15, 0.2) is 0 Å². The molecular formula is C17H12FN3OS. The highest BCUT2D eigenvalue weighted by molar-refractivity contribution is 7.07. The van der Waals surface area contributed by atoms with Crippen molar-refractivity contribution in [1.82, 2.24) is 9.36 Å². The molecule has 1 aliphatic heterocycles.